The summed E-state index contributed by atoms with van der Waals surface area (Å²) in [6.45, 7) is 2.83. The number of fused-ring (bicyclic) bond motifs is 1. The summed E-state index contributed by atoms with van der Waals surface area (Å²) in [7, 11) is 0. The third-order valence-corrected chi connectivity index (χ3v) is 8.04. The Morgan fingerprint density at radius 1 is 0.733 bits per heavy atom. The molecule has 1 N–H and O–H groups in total. The van der Waals surface area contributed by atoms with Crippen LogP contribution in [-0.2, 0) is 25.9 Å². The van der Waals surface area contributed by atoms with E-state index in [0.717, 1.165) is 33.6 Å². The molecule has 0 saturated heterocycles. The molecule has 3 heterocycles. The van der Waals surface area contributed by atoms with Crippen molar-refractivity contribution in [3.63, 3.8) is 0 Å². The number of tetrazole rings is 1. The maximum absolute atomic E-state index is 14.2. The lowest BCUT2D eigenvalue weighted by Gasteiger charge is -2.14. The van der Waals surface area contributed by atoms with Crippen LogP contribution in [0.4, 0.5) is 0 Å². The van der Waals surface area contributed by atoms with Crippen molar-refractivity contribution < 1.29 is 0 Å². The Balaban J connectivity index is 1.32. The summed E-state index contributed by atoms with van der Waals surface area (Å²) in [4.78, 5) is 33.0. The van der Waals surface area contributed by atoms with Crippen molar-refractivity contribution in [2.24, 2.45) is 0 Å². The molecule has 10 heteroatoms. The topological polar surface area (TPSA) is 116 Å². The number of nitrogens with one attached hydrogen (secondary N) is 1. The van der Waals surface area contributed by atoms with Crippen molar-refractivity contribution >= 4 is 11.2 Å². The van der Waals surface area contributed by atoms with E-state index >= 15 is 0 Å². The van der Waals surface area contributed by atoms with E-state index in [-0.39, 0.29) is 5.56 Å². The fraction of sp³-hybridized carbons (Fsp3) is 0.143. The number of aryl methyl sites for hydroxylation is 3. The molecule has 7 aromatic rings. The molecule has 45 heavy (non-hydrogen) atoms. The number of hydrogen-bond acceptors (Lipinski definition) is 6. The molecular formula is C35H30N8O2. The molecule has 7 rings (SSSR count). The molecule has 222 valence electrons. The number of hydrogen-bond donors (Lipinski definition) is 1. The fourth-order valence-corrected chi connectivity index (χ4v) is 5.81. The van der Waals surface area contributed by atoms with Crippen LogP contribution in [0.2, 0.25) is 0 Å². The summed E-state index contributed by atoms with van der Waals surface area (Å²) >= 11 is 0. The van der Waals surface area contributed by atoms with Crippen molar-refractivity contribution in [3.8, 4) is 28.2 Å². The summed E-state index contributed by atoms with van der Waals surface area (Å²) < 4.78 is 4.87. The second-order valence-electron chi connectivity index (χ2n) is 10.8. The first-order valence-corrected chi connectivity index (χ1v) is 14.9. The molecule has 0 atom stereocenters. The number of rotatable bonds is 9. The lowest BCUT2D eigenvalue weighted by atomic mass is 9.98. The molecule has 0 aliphatic carbocycles. The van der Waals surface area contributed by atoms with Crippen LogP contribution in [0.1, 0.15) is 23.9 Å². The van der Waals surface area contributed by atoms with Gasteiger partial charge in [0, 0.05) is 25.1 Å². The van der Waals surface area contributed by atoms with Crippen molar-refractivity contribution in [1.82, 2.24) is 39.3 Å². The maximum Gasteiger partial charge on any atom is 0.337 e. The van der Waals surface area contributed by atoms with Gasteiger partial charge in [0.05, 0.1) is 5.69 Å². The van der Waals surface area contributed by atoms with Gasteiger partial charge in [0.15, 0.2) is 17.0 Å². The summed E-state index contributed by atoms with van der Waals surface area (Å²) in [5, 5.41) is 14.4. The van der Waals surface area contributed by atoms with Gasteiger partial charge < -0.3 is 4.57 Å². The lowest BCUT2D eigenvalue weighted by molar-refractivity contribution is 0.642. The van der Waals surface area contributed by atoms with Gasteiger partial charge in [-0.15, -0.1) is 5.10 Å². The molecule has 3 aromatic heterocycles. The molecule has 0 saturated carbocycles. The quantitative estimate of drug-likeness (QED) is 0.250. The summed E-state index contributed by atoms with van der Waals surface area (Å²) in [6, 6.07) is 35.3. The number of aromatic amines is 1. The molecule has 10 nitrogen and oxygen atoms in total. The third kappa shape index (κ3) is 5.27. The Kier molecular flexibility index (Phi) is 7.44. The monoisotopic (exact) mass is 594 g/mol. The summed E-state index contributed by atoms with van der Waals surface area (Å²) in [6.07, 6.45) is 1.23. The number of nitrogens with zero attached hydrogens (tertiary/aromatic N) is 7. The Morgan fingerprint density at radius 2 is 1.42 bits per heavy atom. The van der Waals surface area contributed by atoms with E-state index in [1.165, 1.54) is 4.57 Å². The highest BCUT2D eigenvalue weighted by Crippen LogP contribution is 2.30. The van der Waals surface area contributed by atoms with Crippen LogP contribution < -0.4 is 11.2 Å². The number of imidazole rings is 1. The van der Waals surface area contributed by atoms with E-state index in [1.54, 1.807) is 16.7 Å². The van der Waals surface area contributed by atoms with Gasteiger partial charge in [-0.3, -0.25) is 9.36 Å². The minimum absolute atomic E-state index is 0.379. The molecule has 0 amide bonds. The number of H-pyrrole nitrogens is 1. The van der Waals surface area contributed by atoms with Gasteiger partial charge in [0.1, 0.15) is 5.82 Å². The molecular weight excluding hydrogens is 564 g/mol. The van der Waals surface area contributed by atoms with E-state index in [9.17, 15) is 9.59 Å². The zero-order valence-corrected chi connectivity index (χ0v) is 24.7. The first-order valence-electron chi connectivity index (χ1n) is 14.9. The second kappa shape index (κ2) is 12.0. The molecule has 0 aliphatic heterocycles. The number of benzene rings is 4. The SMILES string of the molecule is CCc1nc2c(c(=O)n(-c3ccccc3)c(=O)n2CCc2ccccc2)n1Cc1ccc(-c2ccccc2-c2nnn[nH]2)cc1. The fourth-order valence-electron chi connectivity index (χ4n) is 5.81. The van der Waals surface area contributed by atoms with Crippen LogP contribution in [-0.4, -0.2) is 39.3 Å². The van der Waals surface area contributed by atoms with Crippen LogP contribution in [0.5, 0.6) is 0 Å². The van der Waals surface area contributed by atoms with Gasteiger partial charge in [-0.05, 0) is 51.2 Å². The summed E-state index contributed by atoms with van der Waals surface area (Å²) in [5.41, 5.74) is 5.59. The Labute approximate surface area is 258 Å². The van der Waals surface area contributed by atoms with E-state index < -0.39 is 5.69 Å². The first kappa shape index (κ1) is 27.9. The van der Waals surface area contributed by atoms with Crippen LogP contribution in [0.25, 0.3) is 39.4 Å². The highest BCUT2D eigenvalue weighted by atomic mass is 16.2. The molecule has 4 aromatic carbocycles. The van der Waals surface area contributed by atoms with E-state index in [2.05, 4.69) is 44.9 Å². The smallest absolute Gasteiger partial charge is 0.318 e. The van der Waals surface area contributed by atoms with E-state index in [4.69, 9.17) is 4.98 Å². The predicted octanol–water partition coefficient (Wildman–Crippen LogP) is 5.05. The van der Waals surface area contributed by atoms with Crippen LogP contribution in [0, 0.1) is 0 Å². The molecule has 0 bridgehead atoms. The van der Waals surface area contributed by atoms with Crippen molar-refractivity contribution in [2.75, 3.05) is 0 Å². The van der Waals surface area contributed by atoms with Gasteiger partial charge in [0.2, 0.25) is 0 Å². The van der Waals surface area contributed by atoms with Gasteiger partial charge in [0.25, 0.3) is 5.56 Å². The van der Waals surface area contributed by atoms with E-state index in [1.807, 2.05) is 84.3 Å². The standard InChI is InChI=1S/C35H30N8O2/c1-2-30-36-33-31(34(44)43(27-13-7-4-8-14-27)35(45)41(33)22-21-24-11-5-3-6-12-24)42(30)23-25-17-19-26(20-18-25)28-15-9-10-16-29(28)32-37-39-40-38-32/h3-20H,2,21-23H2,1H3,(H,37,38,39,40). The predicted molar refractivity (Wildman–Crippen MR) is 173 cm³/mol. The van der Waals surface area contributed by atoms with Crippen molar-refractivity contribution in [3.05, 3.63) is 147 Å². The molecule has 0 radical (unpaired) electrons. The Hall–Kier alpha value is -5.90. The zero-order valence-electron chi connectivity index (χ0n) is 24.7. The first-order chi connectivity index (χ1) is 22.1. The third-order valence-electron chi connectivity index (χ3n) is 8.04. The number of aromatic nitrogens is 8. The average Bonchev–Trinajstić information content (AvgIpc) is 3.75. The van der Waals surface area contributed by atoms with Crippen LogP contribution in [0.15, 0.2) is 119 Å². The lowest BCUT2D eigenvalue weighted by Crippen LogP contribution is -2.40. The van der Waals surface area contributed by atoms with Crippen molar-refractivity contribution in [1.29, 1.82) is 0 Å². The molecule has 0 aliphatic rings. The van der Waals surface area contributed by atoms with Crippen molar-refractivity contribution in [2.45, 2.75) is 32.9 Å². The highest BCUT2D eigenvalue weighted by Gasteiger charge is 2.22. The number of para-hydroxylation sites is 1. The zero-order chi connectivity index (χ0) is 30.8. The van der Waals surface area contributed by atoms with Gasteiger partial charge in [-0.2, -0.15) is 0 Å². The maximum atomic E-state index is 14.2. The Bertz CT molecular complexity index is 2200. The molecule has 0 spiro atoms. The molecule has 0 unspecified atom stereocenters. The van der Waals surface area contributed by atoms with Gasteiger partial charge in [-0.1, -0.05) is 104 Å². The largest absolute Gasteiger partial charge is 0.337 e. The van der Waals surface area contributed by atoms with Crippen LogP contribution in [0.3, 0.4) is 0 Å². The molecule has 0 fully saturated rings. The second-order valence-corrected chi connectivity index (χ2v) is 10.8. The van der Waals surface area contributed by atoms with E-state index in [0.29, 0.717) is 48.6 Å². The highest BCUT2D eigenvalue weighted by molar-refractivity contribution is 5.80. The van der Waals surface area contributed by atoms with Gasteiger partial charge in [-0.25, -0.2) is 19.4 Å². The normalized spacial score (nSPS) is 11.3. The van der Waals surface area contributed by atoms with Gasteiger partial charge >= 0.3 is 5.69 Å². The Morgan fingerprint density at radius 3 is 2.11 bits per heavy atom. The minimum Gasteiger partial charge on any atom is -0.318 e. The van der Waals surface area contributed by atoms with Crippen LogP contribution >= 0.6 is 0 Å². The minimum atomic E-state index is -0.396. The average molecular weight is 595 g/mol. The summed E-state index contributed by atoms with van der Waals surface area (Å²) in [5.74, 6) is 1.34.